The highest BCUT2D eigenvalue weighted by Crippen LogP contribution is 2.20. The summed E-state index contributed by atoms with van der Waals surface area (Å²) in [7, 11) is -0.955. The van der Waals surface area contributed by atoms with Crippen LogP contribution in [0.5, 0.6) is 0 Å². The summed E-state index contributed by atoms with van der Waals surface area (Å²) in [6.45, 7) is 0.379. The van der Waals surface area contributed by atoms with E-state index in [-0.39, 0.29) is 30.8 Å². The molecular weight excluding hydrogens is 524 g/mol. The van der Waals surface area contributed by atoms with E-state index >= 15 is 0 Å². The maximum Gasteiger partial charge on any atom is 0.336 e. The maximum absolute atomic E-state index is 12.2. The molecule has 0 aromatic heterocycles. The van der Waals surface area contributed by atoms with Crippen molar-refractivity contribution in [2.45, 2.75) is 30.3 Å². The van der Waals surface area contributed by atoms with Gasteiger partial charge in [-0.15, -0.1) is 0 Å². The first-order valence-corrected chi connectivity index (χ1v) is 14.0. The topological polar surface area (TPSA) is 208 Å². The summed E-state index contributed by atoms with van der Waals surface area (Å²) in [5.41, 5.74) is 8.67. The molecule has 0 saturated carbocycles. The van der Waals surface area contributed by atoms with E-state index in [9.17, 15) is 32.7 Å². The van der Waals surface area contributed by atoms with E-state index in [0.717, 1.165) is 0 Å². The first kappa shape index (κ1) is 28.4. The first-order chi connectivity index (χ1) is 16.6. The summed E-state index contributed by atoms with van der Waals surface area (Å²) in [6, 6.07) is 5.45. The SMILES string of the molecule is [N-]=[N+]=Nc1ccc(S(=O)(=O)NCCSSCCNC(=O)CC(ON2C(=O)CCC2=O)C(=O)O)cc1. The molecule has 0 bridgehead atoms. The van der Waals surface area contributed by atoms with Crippen LogP contribution in [0.1, 0.15) is 19.3 Å². The van der Waals surface area contributed by atoms with Gasteiger partial charge in [-0.05, 0) is 17.7 Å². The number of carbonyl (C=O) groups excluding carboxylic acids is 3. The summed E-state index contributed by atoms with van der Waals surface area (Å²) >= 11 is 0. The number of nitrogens with one attached hydrogen (secondary N) is 2. The number of azide groups is 1. The van der Waals surface area contributed by atoms with Crippen LogP contribution in [-0.2, 0) is 34.0 Å². The summed E-state index contributed by atoms with van der Waals surface area (Å²) in [5, 5.41) is 15.5. The lowest BCUT2D eigenvalue weighted by atomic mass is 10.2. The van der Waals surface area contributed by atoms with E-state index in [4.69, 9.17) is 10.4 Å². The number of hydrogen-bond acceptors (Lipinski definition) is 10. The van der Waals surface area contributed by atoms with Crippen LogP contribution in [0.15, 0.2) is 34.3 Å². The molecule has 1 heterocycles. The highest BCUT2D eigenvalue weighted by Gasteiger charge is 2.35. The molecule has 35 heavy (non-hydrogen) atoms. The normalized spacial score (nSPS) is 14.5. The summed E-state index contributed by atoms with van der Waals surface area (Å²) in [6.07, 6.45) is -2.39. The van der Waals surface area contributed by atoms with Crippen molar-refractivity contribution in [3.05, 3.63) is 34.7 Å². The predicted octanol–water partition coefficient (Wildman–Crippen LogP) is 1.33. The molecule has 1 aromatic carbocycles. The van der Waals surface area contributed by atoms with Gasteiger partial charge >= 0.3 is 5.97 Å². The molecule has 3 N–H and O–H groups in total. The smallest absolute Gasteiger partial charge is 0.336 e. The van der Waals surface area contributed by atoms with E-state index in [0.29, 0.717) is 22.3 Å². The van der Waals surface area contributed by atoms with Crippen LogP contribution in [0.2, 0.25) is 0 Å². The number of hydroxylamine groups is 2. The van der Waals surface area contributed by atoms with E-state index in [1.54, 1.807) is 0 Å². The number of nitrogens with zero attached hydrogens (tertiary/aromatic N) is 4. The van der Waals surface area contributed by atoms with Crippen LogP contribution in [0.25, 0.3) is 10.4 Å². The summed E-state index contributed by atoms with van der Waals surface area (Å²) < 4.78 is 26.9. The molecule has 1 unspecified atom stereocenters. The molecule has 17 heteroatoms. The van der Waals surface area contributed by atoms with Gasteiger partial charge in [0.15, 0.2) is 6.10 Å². The molecule has 2 rings (SSSR count). The lowest BCUT2D eigenvalue weighted by Gasteiger charge is -2.19. The Labute approximate surface area is 208 Å². The van der Waals surface area contributed by atoms with Crippen molar-refractivity contribution < 1.29 is 37.5 Å². The fourth-order valence-electron chi connectivity index (χ4n) is 2.61. The molecule has 0 spiro atoms. The molecule has 1 saturated heterocycles. The van der Waals surface area contributed by atoms with Gasteiger partial charge in [0.05, 0.1) is 11.3 Å². The number of hydrogen-bond donors (Lipinski definition) is 3. The third kappa shape index (κ3) is 9.39. The Bertz CT molecular complexity index is 1080. The maximum atomic E-state index is 12.2. The van der Waals surface area contributed by atoms with E-state index in [1.165, 1.54) is 45.9 Å². The van der Waals surface area contributed by atoms with E-state index in [2.05, 4.69) is 20.1 Å². The number of rotatable bonds is 15. The van der Waals surface area contributed by atoms with Crippen molar-refractivity contribution in [2.75, 3.05) is 24.6 Å². The number of benzene rings is 1. The molecule has 3 amide bonds. The zero-order valence-corrected chi connectivity index (χ0v) is 20.6. The zero-order valence-electron chi connectivity index (χ0n) is 18.2. The van der Waals surface area contributed by atoms with Crippen LogP contribution in [-0.4, -0.2) is 73.0 Å². The second kappa shape index (κ2) is 13.9. The van der Waals surface area contributed by atoms with Gasteiger partial charge in [-0.3, -0.25) is 14.4 Å². The Balaban J connectivity index is 1.61. The minimum absolute atomic E-state index is 0.0388. The summed E-state index contributed by atoms with van der Waals surface area (Å²) in [4.78, 5) is 53.9. The van der Waals surface area contributed by atoms with Crippen LogP contribution < -0.4 is 10.0 Å². The van der Waals surface area contributed by atoms with Crippen molar-refractivity contribution in [1.29, 1.82) is 0 Å². The van der Waals surface area contributed by atoms with E-state index in [1.807, 2.05) is 0 Å². The van der Waals surface area contributed by atoms with Gasteiger partial charge < -0.3 is 10.4 Å². The average Bonchev–Trinajstić information content (AvgIpc) is 3.12. The largest absolute Gasteiger partial charge is 0.479 e. The highest BCUT2D eigenvalue weighted by molar-refractivity contribution is 8.76. The molecule has 14 nitrogen and oxygen atoms in total. The van der Waals surface area contributed by atoms with Crippen LogP contribution in [0.4, 0.5) is 5.69 Å². The fourth-order valence-corrected chi connectivity index (χ4v) is 5.58. The standard InChI is InChI=1S/C18H22N6O8S3/c19-23-22-12-1-3-13(4-2-12)35(30,31)21-8-10-34-33-9-7-20-15(25)11-14(18(28)29)32-24-16(26)5-6-17(24)27/h1-4,14,21H,5-11H2,(H,20,25)(H,28,29). The molecule has 1 aliphatic rings. The van der Waals surface area contributed by atoms with Crippen molar-refractivity contribution in [2.24, 2.45) is 5.11 Å². The molecule has 1 fully saturated rings. The minimum atomic E-state index is -3.70. The van der Waals surface area contributed by atoms with Crippen LogP contribution in [0.3, 0.4) is 0 Å². The number of aliphatic carboxylic acids is 1. The second-order valence-corrected chi connectivity index (χ2v) is 11.3. The van der Waals surface area contributed by atoms with Gasteiger partial charge in [0.2, 0.25) is 15.9 Å². The third-order valence-electron chi connectivity index (χ3n) is 4.26. The summed E-state index contributed by atoms with van der Waals surface area (Å²) in [5.74, 6) is -2.50. The Morgan fingerprint density at radius 1 is 1.14 bits per heavy atom. The van der Waals surface area contributed by atoms with Gasteiger partial charge in [0, 0.05) is 48.0 Å². The van der Waals surface area contributed by atoms with Crippen LogP contribution >= 0.6 is 21.6 Å². The van der Waals surface area contributed by atoms with Crippen molar-refractivity contribution in [1.82, 2.24) is 15.1 Å². The quantitative estimate of drug-likeness (QED) is 0.0717. The van der Waals surface area contributed by atoms with Crippen LogP contribution in [0, 0.1) is 0 Å². The number of sulfonamides is 1. The fraction of sp³-hybridized carbons (Fsp3) is 0.444. The molecule has 1 atom stereocenters. The Kier molecular flexibility index (Phi) is 11.3. The lowest BCUT2D eigenvalue weighted by Crippen LogP contribution is -2.41. The molecule has 1 aliphatic heterocycles. The molecule has 0 aliphatic carbocycles. The Morgan fingerprint density at radius 2 is 1.74 bits per heavy atom. The molecule has 0 radical (unpaired) electrons. The highest BCUT2D eigenvalue weighted by atomic mass is 33.1. The number of carboxylic acids is 1. The number of carboxylic acid groups (broad SMARTS) is 1. The predicted molar refractivity (Wildman–Crippen MR) is 127 cm³/mol. The monoisotopic (exact) mass is 546 g/mol. The second-order valence-electron chi connectivity index (χ2n) is 6.79. The third-order valence-corrected chi connectivity index (χ3v) is 8.15. The lowest BCUT2D eigenvalue weighted by molar-refractivity contribution is -0.209. The van der Waals surface area contributed by atoms with Crippen molar-refractivity contribution in [3.8, 4) is 0 Å². The average molecular weight is 547 g/mol. The first-order valence-electron chi connectivity index (χ1n) is 10.1. The number of imide groups is 1. The number of carbonyl (C=O) groups is 4. The number of amides is 3. The van der Waals surface area contributed by atoms with Crippen molar-refractivity contribution in [3.63, 3.8) is 0 Å². The molecule has 190 valence electrons. The van der Waals surface area contributed by atoms with E-state index < -0.39 is 46.2 Å². The van der Waals surface area contributed by atoms with Crippen molar-refractivity contribution >= 4 is 61.0 Å². The molecule has 1 aromatic rings. The Morgan fingerprint density at radius 3 is 2.31 bits per heavy atom. The zero-order chi connectivity index (χ0) is 25.8. The molecular formula is C18H22N6O8S3. The Hall–Kier alpha value is -2.82. The van der Waals surface area contributed by atoms with Gasteiger partial charge in [-0.25, -0.2) is 22.8 Å². The van der Waals surface area contributed by atoms with Gasteiger partial charge in [-0.1, -0.05) is 38.8 Å². The van der Waals surface area contributed by atoms with Gasteiger partial charge in [0.25, 0.3) is 11.8 Å². The van der Waals surface area contributed by atoms with Gasteiger partial charge in [-0.2, -0.15) is 5.06 Å². The van der Waals surface area contributed by atoms with Gasteiger partial charge in [0.1, 0.15) is 0 Å². The minimum Gasteiger partial charge on any atom is -0.479 e.